The Hall–Kier alpha value is -8.41. The molecule has 11 aromatic rings. The average Bonchev–Trinajstić information content (AvgIpc) is 3.68. The van der Waals surface area contributed by atoms with Crippen LogP contribution in [0.15, 0.2) is 237 Å². The van der Waals surface area contributed by atoms with Crippen LogP contribution >= 0.6 is 0 Å². The van der Waals surface area contributed by atoms with Crippen molar-refractivity contribution in [1.82, 2.24) is 19.5 Å². The van der Waals surface area contributed by atoms with Gasteiger partial charge in [0.2, 0.25) is 0 Å². The number of nitrogens with zero attached hydrogens (tertiary/aromatic N) is 5. The summed E-state index contributed by atoms with van der Waals surface area (Å²) >= 11 is 0. The number of rotatable bonds is 9. The summed E-state index contributed by atoms with van der Waals surface area (Å²) in [6.45, 7) is 0. The second-order valence-corrected chi connectivity index (χ2v) is 15.3. The van der Waals surface area contributed by atoms with E-state index in [2.05, 4.69) is 185 Å². The first-order valence-electron chi connectivity index (χ1n) is 20.9. The van der Waals surface area contributed by atoms with E-state index < -0.39 is 0 Å². The molecule has 0 aliphatic carbocycles. The fourth-order valence-electron chi connectivity index (χ4n) is 8.42. The first kappa shape index (κ1) is 36.7. The fourth-order valence-corrected chi connectivity index (χ4v) is 8.42. The van der Waals surface area contributed by atoms with Gasteiger partial charge in [0.05, 0.1) is 11.0 Å². The molecule has 0 N–H and O–H groups in total. The molecule has 0 spiro atoms. The Kier molecular flexibility index (Phi) is 9.45. The summed E-state index contributed by atoms with van der Waals surface area (Å²) in [4.78, 5) is 17.2. The lowest BCUT2D eigenvalue weighted by atomic mass is 10.0. The Labute approximate surface area is 360 Å². The lowest BCUT2D eigenvalue weighted by Gasteiger charge is -2.26. The van der Waals surface area contributed by atoms with Gasteiger partial charge >= 0.3 is 0 Å². The fraction of sp³-hybridized carbons (Fsp3) is 0. The van der Waals surface area contributed by atoms with Crippen molar-refractivity contribution < 1.29 is 0 Å². The molecule has 0 fully saturated rings. The second-order valence-electron chi connectivity index (χ2n) is 15.3. The summed E-state index contributed by atoms with van der Waals surface area (Å²) in [6, 6.07) is 83.1. The van der Waals surface area contributed by atoms with Crippen LogP contribution in [0.3, 0.4) is 0 Å². The molecule has 0 aliphatic heterocycles. The highest BCUT2D eigenvalue weighted by atomic mass is 15.1. The molecular weight excluding hydrogens is 755 g/mol. The third kappa shape index (κ3) is 6.97. The molecule has 0 saturated carbocycles. The van der Waals surface area contributed by atoms with Crippen LogP contribution in [-0.4, -0.2) is 19.5 Å². The van der Waals surface area contributed by atoms with Crippen molar-refractivity contribution >= 4 is 38.9 Å². The lowest BCUT2D eigenvalue weighted by Crippen LogP contribution is -2.09. The number of benzene rings is 9. The predicted molar refractivity (Wildman–Crippen MR) is 256 cm³/mol. The minimum absolute atomic E-state index is 0.626. The van der Waals surface area contributed by atoms with E-state index in [1.807, 2.05) is 60.7 Å². The van der Waals surface area contributed by atoms with E-state index in [0.717, 1.165) is 55.9 Å². The molecule has 2 aromatic heterocycles. The highest BCUT2D eigenvalue weighted by Crippen LogP contribution is 2.42. The summed E-state index contributed by atoms with van der Waals surface area (Å²) < 4.78 is 2.37. The molecule has 9 aromatic carbocycles. The largest absolute Gasteiger partial charge is 0.310 e. The van der Waals surface area contributed by atoms with Crippen LogP contribution in [0, 0.1) is 0 Å². The average molecular weight is 794 g/mol. The monoisotopic (exact) mass is 793 g/mol. The van der Waals surface area contributed by atoms with Gasteiger partial charge in [0, 0.05) is 50.2 Å². The van der Waals surface area contributed by atoms with Crippen LogP contribution in [0.5, 0.6) is 0 Å². The van der Waals surface area contributed by atoms with E-state index in [-0.39, 0.29) is 0 Å². The van der Waals surface area contributed by atoms with Crippen LogP contribution < -0.4 is 4.90 Å². The molecular formula is C57H39N5. The van der Waals surface area contributed by atoms with Gasteiger partial charge < -0.3 is 9.47 Å². The number of anilines is 3. The minimum atomic E-state index is 0.626. The molecule has 0 amide bonds. The van der Waals surface area contributed by atoms with Crippen LogP contribution in [-0.2, 0) is 0 Å². The smallest absolute Gasteiger partial charge is 0.164 e. The molecule has 0 bridgehead atoms. The Morgan fingerprint density at radius 1 is 0.274 bits per heavy atom. The maximum absolute atomic E-state index is 5.00. The van der Waals surface area contributed by atoms with Gasteiger partial charge in [-0.3, -0.25) is 0 Å². The Balaban J connectivity index is 1.06. The zero-order valence-electron chi connectivity index (χ0n) is 33.8. The van der Waals surface area contributed by atoms with Gasteiger partial charge in [0.25, 0.3) is 0 Å². The number of para-hydroxylation sites is 1. The Morgan fingerprint density at radius 3 is 1.21 bits per heavy atom. The molecule has 5 nitrogen and oxygen atoms in total. The Bertz CT molecular complexity index is 3260. The van der Waals surface area contributed by atoms with Crippen molar-refractivity contribution in [2.75, 3.05) is 4.90 Å². The van der Waals surface area contributed by atoms with Crippen molar-refractivity contribution in [3.8, 4) is 62.1 Å². The van der Waals surface area contributed by atoms with E-state index >= 15 is 0 Å². The van der Waals surface area contributed by atoms with Gasteiger partial charge in [-0.1, -0.05) is 158 Å². The molecule has 0 atom stereocenters. The zero-order chi connectivity index (χ0) is 41.2. The molecule has 11 rings (SSSR count). The molecule has 0 saturated heterocycles. The van der Waals surface area contributed by atoms with Gasteiger partial charge in [0.15, 0.2) is 17.5 Å². The van der Waals surface area contributed by atoms with E-state index in [1.54, 1.807) is 0 Å². The third-order valence-electron chi connectivity index (χ3n) is 11.4. The molecule has 292 valence electrons. The number of hydrogen-bond donors (Lipinski definition) is 0. The standard InChI is InChI=1S/C57H39N5/c1-6-17-40(18-7-1)45-25-16-28-49(37-45)61(47-26-14-5-15-27-47)50-34-36-54-52(39-50)51-38-46(41-19-8-2-9-20-41)31-35-53(51)62(54)48-32-29-44(30-33-48)57-59-55(42-21-10-3-11-22-42)58-56(60-57)43-23-12-4-13-24-43/h1-39H. The van der Waals surface area contributed by atoms with Crippen LogP contribution in [0.4, 0.5) is 17.1 Å². The first-order chi connectivity index (χ1) is 30.7. The highest BCUT2D eigenvalue weighted by molar-refractivity contribution is 6.12. The SMILES string of the molecule is c1ccc(-c2cccc(N(c3ccccc3)c3ccc4c(c3)c3cc(-c5ccccc5)ccc3n4-c3ccc(-c4nc(-c5ccccc5)nc(-c5ccccc5)n4)cc3)c2)cc1. The molecule has 0 radical (unpaired) electrons. The summed E-state index contributed by atoms with van der Waals surface area (Å²) in [7, 11) is 0. The van der Waals surface area contributed by atoms with Crippen molar-refractivity contribution in [3.63, 3.8) is 0 Å². The third-order valence-corrected chi connectivity index (χ3v) is 11.4. The zero-order valence-corrected chi connectivity index (χ0v) is 33.8. The first-order valence-corrected chi connectivity index (χ1v) is 20.9. The predicted octanol–water partition coefficient (Wildman–Crippen LogP) is 14.8. The molecule has 2 heterocycles. The second kappa shape index (κ2) is 16.0. The van der Waals surface area contributed by atoms with Gasteiger partial charge in [-0.05, 0) is 101 Å². The summed E-state index contributed by atoms with van der Waals surface area (Å²) in [5.74, 6) is 1.91. The summed E-state index contributed by atoms with van der Waals surface area (Å²) in [5, 5.41) is 2.34. The molecule has 0 unspecified atom stereocenters. The van der Waals surface area contributed by atoms with Gasteiger partial charge in [-0.15, -0.1) is 0 Å². The molecule has 62 heavy (non-hydrogen) atoms. The normalized spacial score (nSPS) is 11.2. The van der Waals surface area contributed by atoms with E-state index in [4.69, 9.17) is 15.0 Å². The van der Waals surface area contributed by atoms with Crippen LogP contribution in [0.25, 0.3) is 83.9 Å². The van der Waals surface area contributed by atoms with Crippen LogP contribution in [0.1, 0.15) is 0 Å². The highest BCUT2D eigenvalue weighted by Gasteiger charge is 2.19. The van der Waals surface area contributed by atoms with Crippen LogP contribution in [0.2, 0.25) is 0 Å². The van der Waals surface area contributed by atoms with E-state index in [1.165, 1.54) is 27.6 Å². The Morgan fingerprint density at radius 2 is 0.661 bits per heavy atom. The van der Waals surface area contributed by atoms with Crippen molar-refractivity contribution in [1.29, 1.82) is 0 Å². The summed E-state index contributed by atoms with van der Waals surface area (Å²) in [5.41, 5.74) is 14.0. The minimum Gasteiger partial charge on any atom is -0.310 e. The quantitative estimate of drug-likeness (QED) is 0.146. The van der Waals surface area contributed by atoms with Crippen molar-refractivity contribution in [2.24, 2.45) is 0 Å². The van der Waals surface area contributed by atoms with Gasteiger partial charge in [0.1, 0.15) is 0 Å². The van der Waals surface area contributed by atoms with Gasteiger partial charge in [-0.2, -0.15) is 0 Å². The number of aromatic nitrogens is 4. The topological polar surface area (TPSA) is 46.8 Å². The maximum atomic E-state index is 5.00. The summed E-state index contributed by atoms with van der Waals surface area (Å²) in [6.07, 6.45) is 0. The van der Waals surface area contributed by atoms with E-state index in [9.17, 15) is 0 Å². The van der Waals surface area contributed by atoms with Gasteiger partial charge in [-0.25, -0.2) is 15.0 Å². The van der Waals surface area contributed by atoms with Crippen molar-refractivity contribution in [3.05, 3.63) is 237 Å². The number of fused-ring (bicyclic) bond motifs is 3. The maximum Gasteiger partial charge on any atom is 0.164 e. The molecule has 5 heteroatoms. The van der Waals surface area contributed by atoms with E-state index in [0.29, 0.717) is 17.5 Å². The molecule has 0 aliphatic rings. The number of hydrogen-bond acceptors (Lipinski definition) is 4. The van der Waals surface area contributed by atoms with Crippen molar-refractivity contribution in [2.45, 2.75) is 0 Å². The lowest BCUT2D eigenvalue weighted by molar-refractivity contribution is 1.07.